The predicted molar refractivity (Wildman–Crippen MR) is 107 cm³/mol. The first-order valence-electron chi connectivity index (χ1n) is 9.36. The Bertz CT molecular complexity index is 787. The maximum atomic E-state index is 13.2. The molecule has 4 heteroatoms. The van der Waals surface area contributed by atoms with E-state index in [0.29, 0.717) is 22.3 Å². The molecule has 2 unspecified atom stereocenters. The SMILES string of the molecule is CCC(C)Nc1ccc(NC(C)CC)c2c1C(=O)c1ccccc1C2=O. The number of nitrogens with one attached hydrogen (secondary N) is 2. The first-order chi connectivity index (χ1) is 12.5. The fraction of sp³-hybridized carbons (Fsp3) is 0.364. The molecule has 0 radical (unpaired) electrons. The largest absolute Gasteiger partial charge is 0.382 e. The van der Waals surface area contributed by atoms with Crippen molar-refractivity contribution in [3.8, 4) is 0 Å². The molecule has 136 valence electrons. The fourth-order valence-corrected chi connectivity index (χ4v) is 3.20. The standard InChI is InChI=1S/C22H26N2O2/c1-5-13(3)23-17-11-12-18(24-14(4)6-2)20-19(17)21(25)15-9-7-8-10-16(15)22(20)26/h7-14,23-24H,5-6H2,1-4H3. The van der Waals surface area contributed by atoms with E-state index >= 15 is 0 Å². The zero-order chi connectivity index (χ0) is 18.8. The first kappa shape index (κ1) is 18.2. The summed E-state index contributed by atoms with van der Waals surface area (Å²) in [5, 5.41) is 6.79. The van der Waals surface area contributed by atoms with Crippen LogP contribution in [-0.2, 0) is 0 Å². The monoisotopic (exact) mass is 350 g/mol. The molecule has 2 aromatic carbocycles. The molecule has 1 aliphatic rings. The minimum Gasteiger partial charge on any atom is -0.382 e. The molecule has 0 aromatic heterocycles. The highest BCUT2D eigenvalue weighted by Crippen LogP contribution is 2.37. The lowest BCUT2D eigenvalue weighted by Gasteiger charge is -2.26. The minimum absolute atomic E-state index is 0.0891. The van der Waals surface area contributed by atoms with Gasteiger partial charge < -0.3 is 10.6 Å². The maximum absolute atomic E-state index is 13.2. The number of hydrogen-bond donors (Lipinski definition) is 2. The van der Waals surface area contributed by atoms with Crippen molar-refractivity contribution in [3.05, 3.63) is 58.7 Å². The van der Waals surface area contributed by atoms with E-state index in [2.05, 4.69) is 38.3 Å². The summed E-state index contributed by atoms with van der Waals surface area (Å²) in [6.45, 7) is 8.32. The van der Waals surface area contributed by atoms with Gasteiger partial charge in [0.05, 0.1) is 11.1 Å². The second-order valence-corrected chi connectivity index (χ2v) is 7.02. The lowest BCUT2D eigenvalue weighted by molar-refractivity contribution is 0.0980. The van der Waals surface area contributed by atoms with E-state index in [4.69, 9.17) is 0 Å². The third-order valence-corrected chi connectivity index (χ3v) is 5.10. The zero-order valence-electron chi connectivity index (χ0n) is 15.8. The first-order valence-corrected chi connectivity index (χ1v) is 9.36. The summed E-state index contributed by atoms with van der Waals surface area (Å²) in [4.78, 5) is 26.5. The van der Waals surface area contributed by atoms with Gasteiger partial charge in [0, 0.05) is 34.6 Å². The van der Waals surface area contributed by atoms with Gasteiger partial charge in [0.25, 0.3) is 0 Å². The number of ketones is 2. The van der Waals surface area contributed by atoms with Gasteiger partial charge in [-0.25, -0.2) is 0 Å². The molecular formula is C22H26N2O2. The lowest BCUT2D eigenvalue weighted by atomic mass is 9.82. The fourth-order valence-electron chi connectivity index (χ4n) is 3.20. The predicted octanol–water partition coefficient (Wildman–Crippen LogP) is 4.88. The van der Waals surface area contributed by atoms with Crippen molar-refractivity contribution in [3.63, 3.8) is 0 Å². The highest BCUT2D eigenvalue weighted by Gasteiger charge is 2.34. The molecule has 26 heavy (non-hydrogen) atoms. The van der Waals surface area contributed by atoms with Gasteiger partial charge in [0.2, 0.25) is 0 Å². The number of rotatable bonds is 6. The van der Waals surface area contributed by atoms with Gasteiger partial charge in [-0.15, -0.1) is 0 Å². The molecule has 0 fully saturated rings. The van der Waals surface area contributed by atoms with Gasteiger partial charge >= 0.3 is 0 Å². The van der Waals surface area contributed by atoms with Crippen molar-refractivity contribution in [1.29, 1.82) is 0 Å². The molecule has 1 aliphatic carbocycles. The topological polar surface area (TPSA) is 58.2 Å². The molecule has 0 spiro atoms. The summed E-state index contributed by atoms with van der Waals surface area (Å²) in [6.07, 6.45) is 1.86. The summed E-state index contributed by atoms with van der Waals surface area (Å²) in [5.74, 6) is -0.178. The van der Waals surface area contributed by atoms with E-state index < -0.39 is 0 Å². The Morgan fingerprint density at radius 2 is 1.12 bits per heavy atom. The van der Waals surface area contributed by atoms with Gasteiger partial charge in [-0.2, -0.15) is 0 Å². The Labute approximate surface area is 155 Å². The van der Waals surface area contributed by atoms with Gasteiger partial charge in [0.1, 0.15) is 0 Å². The maximum Gasteiger partial charge on any atom is 0.196 e. The van der Waals surface area contributed by atoms with E-state index in [1.165, 1.54) is 0 Å². The van der Waals surface area contributed by atoms with Crippen molar-refractivity contribution in [2.75, 3.05) is 10.6 Å². The molecule has 0 bridgehead atoms. The number of anilines is 2. The molecule has 0 saturated carbocycles. The van der Waals surface area contributed by atoms with Gasteiger partial charge in [-0.3, -0.25) is 9.59 Å². The molecule has 4 nitrogen and oxygen atoms in total. The second-order valence-electron chi connectivity index (χ2n) is 7.02. The number of fused-ring (bicyclic) bond motifs is 2. The number of benzene rings is 2. The summed E-state index contributed by atoms with van der Waals surface area (Å²) in [5.41, 5.74) is 3.41. The molecular weight excluding hydrogens is 324 g/mol. The molecule has 0 heterocycles. The van der Waals surface area contributed by atoms with Crippen molar-refractivity contribution in [2.24, 2.45) is 0 Å². The van der Waals surface area contributed by atoms with Crippen LogP contribution >= 0.6 is 0 Å². The molecule has 3 rings (SSSR count). The Balaban J connectivity index is 2.20. The Hall–Kier alpha value is -2.62. The van der Waals surface area contributed by atoms with Crippen LogP contribution in [-0.4, -0.2) is 23.7 Å². The summed E-state index contributed by atoms with van der Waals surface area (Å²) < 4.78 is 0. The number of carbonyl (C=O) groups is 2. The molecule has 0 saturated heterocycles. The van der Waals surface area contributed by atoms with E-state index in [1.54, 1.807) is 24.3 Å². The quantitative estimate of drug-likeness (QED) is 0.665. The van der Waals surface area contributed by atoms with Crippen molar-refractivity contribution in [2.45, 2.75) is 52.6 Å². The van der Waals surface area contributed by atoms with E-state index in [-0.39, 0.29) is 23.7 Å². The molecule has 2 N–H and O–H groups in total. The minimum atomic E-state index is -0.0891. The van der Waals surface area contributed by atoms with Crippen LogP contribution in [0.1, 0.15) is 72.4 Å². The van der Waals surface area contributed by atoms with E-state index in [0.717, 1.165) is 24.2 Å². The van der Waals surface area contributed by atoms with Crippen LogP contribution in [0.4, 0.5) is 11.4 Å². The average molecular weight is 350 g/mol. The van der Waals surface area contributed by atoms with Crippen molar-refractivity contribution in [1.82, 2.24) is 0 Å². The number of carbonyl (C=O) groups excluding carboxylic acids is 2. The highest BCUT2D eigenvalue weighted by molar-refractivity contribution is 6.31. The third kappa shape index (κ3) is 3.12. The van der Waals surface area contributed by atoms with Crippen molar-refractivity contribution >= 4 is 22.9 Å². The zero-order valence-corrected chi connectivity index (χ0v) is 15.8. The molecule has 0 amide bonds. The Morgan fingerprint density at radius 1 is 0.731 bits per heavy atom. The van der Waals surface area contributed by atoms with Crippen LogP contribution in [0, 0.1) is 0 Å². The van der Waals surface area contributed by atoms with E-state index in [9.17, 15) is 9.59 Å². The van der Waals surface area contributed by atoms with Gasteiger partial charge in [0.15, 0.2) is 11.6 Å². The van der Waals surface area contributed by atoms with Crippen LogP contribution in [0.5, 0.6) is 0 Å². The average Bonchev–Trinajstić information content (AvgIpc) is 2.66. The Morgan fingerprint density at radius 3 is 1.46 bits per heavy atom. The molecule has 2 atom stereocenters. The molecule has 2 aromatic rings. The summed E-state index contributed by atoms with van der Waals surface area (Å²) >= 11 is 0. The lowest BCUT2D eigenvalue weighted by Crippen LogP contribution is -2.27. The van der Waals surface area contributed by atoms with Crippen LogP contribution in [0.3, 0.4) is 0 Å². The number of hydrogen-bond acceptors (Lipinski definition) is 4. The normalized spacial score (nSPS) is 15.1. The van der Waals surface area contributed by atoms with Crippen LogP contribution in [0.15, 0.2) is 36.4 Å². The smallest absolute Gasteiger partial charge is 0.196 e. The van der Waals surface area contributed by atoms with Gasteiger partial charge in [-0.1, -0.05) is 38.1 Å². The van der Waals surface area contributed by atoms with Crippen LogP contribution < -0.4 is 10.6 Å². The third-order valence-electron chi connectivity index (χ3n) is 5.10. The Kier molecular flexibility index (Phi) is 5.12. The molecule has 0 aliphatic heterocycles. The van der Waals surface area contributed by atoms with Crippen LogP contribution in [0.25, 0.3) is 0 Å². The summed E-state index contributed by atoms with van der Waals surface area (Å²) in [6, 6.07) is 11.3. The second kappa shape index (κ2) is 7.32. The van der Waals surface area contributed by atoms with Gasteiger partial charge in [-0.05, 0) is 38.8 Å². The van der Waals surface area contributed by atoms with E-state index in [1.807, 2.05) is 12.1 Å². The van der Waals surface area contributed by atoms with Crippen molar-refractivity contribution < 1.29 is 9.59 Å². The van der Waals surface area contributed by atoms with Crippen LogP contribution in [0.2, 0.25) is 0 Å². The highest BCUT2D eigenvalue weighted by atomic mass is 16.1. The summed E-state index contributed by atoms with van der Waals surface area (Å²) in [7, 11) is 0.